The quantitative estimate of drug-likeness (QED) is 0.605. The van der Waals surface area contributed by atoms with Gasteiger partial charge in [-0.3, -0.25) is 4.79 Å². The number of nitrogens with zero attached hydrogens (tertiary/aromatic N) is 3. The van der Waals surface area contributed by atoms with Gasteiger partial charge in [-0.15, -0.1) is 10.2 Å². The summed E-state index contributed by atoms with van der Waals surface area (Å²) in [5.74, 6) is 1.07. The van der Waals surface area contributed by atoms with E-state index >= 15 is 0 Å². The number of rotatable bonds is 6. The van der Waals surface area contributed by atoms with Crippen LogP contribution in [0.1, 0.15) is 30.2 Å². The molecule has 106 valence electrons. The normalized spacial score (nSPS) is 10.8. The highest BCUT2D eigenvalue weighted by atomic mass is 32.2. The molecule has 0 saturated heterocycles. The zero-order valence-electron chi connectivity index (χ0n) is 11.7. The predicted molar refractivity (Wildman–Crippen MR) is 78.5 cm³/mol. The van der Waals surface area contributed by atoms with E-state index in [-0.39, 0.29) is 11.8 Å². The number of aromatic nitrogens is 3. The summed E-state index contributed by atoms with van der Waals surface area (Å²) >= 11 is 1.40. The van der Waals surface area contributed by atoms with Crippen molar-refractivity contribution in [2.24, 2.45) is 0 Å². The van der Waals surface area contributed by atoms with Crippen LogP contribution in [0.15, 0.2) is 35.7 Å². The van der Waals surface area contributed by atoms with Gasteiger partial charge >= 0.3 is 0 Å². The van der Waals surface area contributed by atoms with Crippen LogP contribution in [0.3, 0.4) is 0 Å². The smallest absolute Gasteiger partial charge is 0.191 e. The first-order valence-electron chi connectivity index (χ1n) is 6.31. The van der Waals surface area contributed by atoms with Crippen LogP contribution in [-0.4, -0.2) is 33.4 Å². The Morgan fingerprint density at radius 2 is 2.25 bits per heavy atom. The zero-order valence-corrected chi connectivity index (χ0v) is 12.6. The van der Waals surface area contributed by atoms with Crippen molar-refractivity contribution >= 4 is 17.5 Å². The Morgan fingerprint density at radius 3 is 2.95 bits per heavy atom. The maximum Gasteiger partial charge on any atom is 0.191 e. The second-order valence-electron chi connectivity index (χ2n) is 4.56. The van der Waals surface area contributed by atoms with E-state index in [9.17, 15) is 4.79 Å². The Labute approximate surface area is 122 Å². The average molecular weight is 291 g/mol. The molecule has 0 N–H and O–H groups in total. The number of benzene rings is 1. The standard InChI is InChI=1S/C14H17N3O2S/c1-10(2)17-9-15-16-14(17)20-8-13(18)11-5-4-6-12(7-11)19-3/h4-7,9-10H,8H2,1-3H3. The summed E-state index contributed by atoms with van der Waals surface area (Å²) in [6, 6.07) is 7.45. The lowest BCUT2D eigenvalue weighted by atomic mass is 10.1. The van der Waals surface area contributed by atoms with E-state index in [1.165, 1.54) is 11.8 Å². The summed E-state index contributed by atoms with van der Waals surface area (Å²) < 4.78 is 7.07. The van der Waals surface area contributed by atoms with Crippen LogP contribution in [0.2, 0.25) is 0 Å². The monoisotopic (exact) mass is 291 g/mol. The van der Waals surface area contributed by atoms with Crippen molar-refractivity contribution in [1.82, 2.24) is 14.8 Å². The molecule has 0 amide bonds. The molecule has 2 aromatic rings. The van der Waals surface area contributed by atoms with Gasteiger partial charge in [0.15, 0.2) is 10.9 Å². The molecule has 0 aliphatic carbocycles. The fourth-order valence-electron chi connectivity index (χ4n) is 1.70. The van der Waals surface area contributed by atoms with E-state index in [4.69, 9.17) is 4.74 Å². The number of ketones is 1. The minimum Gasteiger partial charge on any atom is -0.497 e. The van der Waals surface area contributed by atoms with Gasteiger partial charge in [0, 0.05) is 11.6 Å². The molecule has 0 atom stereocenters. The van der Waals surface area contributed by atoms with Crippen LogP contribution in [-0.2, 0) is 0 Å². The van der Waals surface area contributed by atoms with Gasteiger partial charge in [-0.2, -0.15) is 0 Å². The predicted octanol–water partition coefficient (Wildman–Crippen LogP) is 2.84. The third-order valence-corrected chi connectivity index (χ3v) is 3.78. The molecule has 20 heavy (non-hydrogen) atoms. The topological polar surface area (TPSA) is 57.0 Å². The number of carbonyl (C=O) groups is 1. The first-order valence-corrected chi connectivity index (χ1v) is 7.30. The Hall–Kier alpha value is -1.82. The highest BCUT2D eigenvalue weighted by Gasteiger charge is 2.12. The van der Waals surface area contributed by atoms with Crippen LogP contribution < -0.4 is 4.74 Å². The Morgan fingerprint density at radius 1 is 1.45 bits per heavy atom. The first-order chi connectivity index (χ1) is 9.61. The molecule has 0 saturated carbocycles. The maximum absolute atomic E-state index is 12.2. The molecule has 0 radical (unpaired) electrons. The molecule has 0 aliphatic heterocycles. The minimum atomic E-state index is 0.0483. The van der Waals surface area contributed by atoms with Crippen LogP contribution in [0, 0.1) is 0 Å². The van der Waals surface area contributed by atoms with Gasteiger partial charge in [0.2, 0.25) is 0 Å². The van der Waals surface area contributed by atoms with E-state index in [2.05, 4.69) is 24.0 Å². The third-order valence-electron chi connectivity index (χ3n) is 2.82. The van der Waals surface area contributed by atoms with Crippen molar-refractivity contribution in [3.8, 4) is 5.75 Å². The lowest BCUT2D eigenvalue weighted by molar-refractivity contribution is 0.102. The maximum atomic E-state index is 12.2. The Balaban J connectivity index is 2.03. The number of ether oxygens (including phenoxy) is 1. The molecule has 0 unspecified atom stereocenters. The second-order valence-corrected chi connectivity index (χ2v) is 5.50. The summed E-state index contributed by atoms with van der Waals surface area (Å²) in [6.45, 7) is 4.11. The SMILES string of the molecule is COc1cccc(C(=O)CSc2nncn2C(C)C)c1. The Bertz CT molecular complexity index is 596. The van der Waals surface area contributed by atoms with Crippen molar-refractivity contribution in [2.45, 2.75) is 25.0 Å². The first kappa shape index (κ1) is 14.6. The number of hydrogen-bond donors (Lipinski definition) is 0. The van der Waals surface area contributed by atoms with E-state index < -0.39 is 0 Å². The van der Waals surface area contributed by atoms with Gasteiger partial charge in [-0.1, -0.05) is 23.9 Å². The molecule has 1 heterocycles. The fraction of sp³-hybridized carbons (Fsp3) is 0.357. The average Bonchev–Trinajstić information content (AvgIpc) is 2.93. The molecular formula is C14H17N3O2S. The van der Waals surface area contributed by atoms with Crippen molar-refractivity contribution in [1.29, 1.82) is 0 Å². The molecule has 1 aromatic carbocycles. The van der Waals surface area contributed by atoms with Crippen LogP contribution in [0.4, 0.5) is 0 Å². The molecule has 0 spiro atoms. The van der Waals surface area contributed by atoms with Crippen molar-refractivity contribution in [2.75, 3.05) is 12.9 Å². The lowest BCUT2D eigenvalue weighted by Crippen LogP contribution is -2.06. The number of hydrogen-bond acceptors (Lipinski definition) is 5. The van der Waals surface area contributed by atoms with Gasteiger partial charge < -0.3 is 9.30 Å². The van der Waals surface area contributed by atoms with Crippen LogP contribution >= 0.6 is 11.8 Å². The number of thioether (sulfide) groups is 1. The van der Waals surface area contributed by atoms with Gasteiger partial charge in [-0.05, 0) is 26.0 Å². The molecule has 0 fully saturated rings. The van der Waals surface area contributed by atoms with Gasteiger partial charge in [0.25, 0.3) is 0 Å². The van der Waals surface area contributed by atoms with E-state index in [0.717, 1.165) is 5.16 Å². The Kier molecular flexibility index (Phi) is 4.79. The number of methoxy groups -OCH3 is 1. The zero-order chi connectivity index (χ0) is 14.5. The summed E-state index contributed by atoms with van der Waals surface area (Å²) in [5, 5.41) is 8.68. The lowest BCUT2D eigenvalue weighted by Gasteiger charge is -2.09. The van der Waals surface area contributed by atoms with Gasteiger partial charge in [-0.25, -0.2) is 0 Å². The van der Waals surface area contributed by atoms with E-state index in [1.54, 1.807) is 25.6 Å². The second kappa shape index (κ2) is 6.56. The van der Waals surface area contributed by atoms with E-state index in [1.807, 2.05) is 16.7 Å². The molecule has 5 nitrogen and oxygen atoms in total. The molecule has 0 bridgehead atoms. The summed E-state index contributed by atoms with van der Waals surface area (Å²) in [4.78, 5) is 12.2. The van der Waals surface area contributed by atoms with Gasteiger partial charge in [0.05, 0.1) is 12.9 Å². The summed E-state index contributed by atoms with van der Waals surface area (Å²) in [7, 11) is 1.59. The van der Waals surface area contributed by atoms with Crippen molar-refractivity contribution in [3.63, 3.8) is 0 Å². The van der Waals surface area contributed by atoms with Crippen molar-refractivity contribution < 1.29 is 9.53 Å². The van der Waals surface area contributed by atoms with Crippen LogP contribution in [0.25, 0.3) is 0 Å². The summed E-state index contributed by atoms with van der Waals surface area (Å²) in [6.07, 6.45) is 1.68. The molecule has 6 heteroatoms. The number of carbonyl (C=O) groups excluding carboxylic acids is 1. The highest BCUT2D eigenvalue weighted by Crippen LogP contribution is 2.21. The molecule has 2 rings (SSSR count). The third kappa shape index (κ3) is 3.39. The van der Waals surface area contributed by atoms with Gasteiger partial charge in [0.1, 0.15) is 12.1 Å². The molecule has 0 aliphatic rings. The number of Topliss-reactive ketones (excluding diaryl/α,β-unsaturated/α-hetero) is 1. The molecule has 1 aromatic heterocycles. The van der Waals surface area contributed by atoms with Crippen molar-refractivity contribution in [3.05, 3.63) is 36.2 Å². The minimum absolute atomic E-state index is 0.0483. The van der Waals surface area contributed by atoms with E-state index in [0.29, 0.717) is 17.1 Å². The fourth-order valence-corrected chi connectivity index (χ4v) is 2.64. The largest absolute Gasteiger partial charge is 0.497 e. The highest BCUT2D eigenvalue weighted by molar-refractivity contribution is 7.99. The van der Waals surface area contributed by atoms with Crippen LogP contribution in [0.5, 0.6) is 5.75 Å². The summed E-state index contributed by atoms with van der Waals surface area (Å²) in [5.41, 5.74) is 0.646. The molecular weight excluding hydrogens is 274 g/mol.